The van der Waals surface area contributed by atoms with Gasteiger partial charge in [0.25, 0.3) is 5.91 Å². The molecule has 2 aromatic carbocycles. The summed E-state index contributed by atoms with van der Waals surface area (Å²) in [5.74, 6) is 0.443. The van der Waals surface area contributed by atoms with Gasteiger partial charge in [0.2, 0.25) is 0 Å². The number of rotatable bonds is 7. The van der Waals surface area contributed by atoms with Gasteiger partial charge in [0.05, 0.1) is 30.4 Å². The predicted octanol–water partition coefficient (Wildman–Crippen LogP) is 3.49. The van der Waals surface area contributed by atoms with Crippen molar-refractivity contribution < 1.29 is 14.6 Å². The van der Waals surface area contributed by atoms with Crippen LogP contribution < -0.4 is 10.1 Å². The first-order valence-electron chi connectivity index (χ1n) is 9.62. The fourth-order valence-corrected chi connectivity index (χ4v) is 3.40. The van der Waals surface area contributed by atoms with Crippen LogP contribution in [0, 0.1) is 0 Å². The first-order valence-corrected chi connectivity index (χ1v) is 9.62. The van der Waals surface area contributed by atoms with Crippen LogP contribution in [0.25, 0.3) is 22.0 Å². The molecule has 1 unspecified atom stereocenters. The lowest BCUT2D eigenvalue weighted by atomic mass is 10.0. The summed E-state index contributed by atoms with van der Waals surface area (Å²) in [6.07, 6.45) is 5.42. The maximum absolute atomic E-state index is 12.9. The number of aromatic nitrogens is 3. The van der Waals surface area contributed by atoms with E-state index in [-0.39, 0.29) is 18.6 Å². The number of H-pyrrole nitrogens is 1. The van der Waals surface area contributed by atoms with Crippen LogP contribution in [0.2, 0.25) is 0 Å². The number of pyridine rings is 1. The van der Waals surface area contributed by atoms with Gasteiger partial charge in [-0.2, -0.15) is 5.10 Å². The van der Waals surface area contributed by atoms with Crippen molar-refractivity contribution in [1.82, 2.24) is 20.5 Å². The molecular weight excluding hydrogens is 380 g/mol. The summed E-state index contributed by atoms with van der Waals surface area (Å²) in [6.45, 7) is -0.0504. The number of aromatic amines is 1. The Bertz CT molecular complexity index is 1170. The van der Waals surface area contributed by atoms with Crippen molar-refractivity contribution in [3.05, 3.63) is 78.2 Å². The first kappa shape index (κ1) is 19.6. The largest absolute Gasteiger partial charge is 0.497 e. The second kappa shape index (κ2) is 8.75. The van der Waals surface area contributed by atoms with E-state index >= 15 is 0 Å². The molecule has 7 heteroatoms. The molecule has 7 nitrogen and oxygen atoms in total. The molecule has 152 valence electrons. The van der Waals surface area contributed by atoms with Crippen molar-refractivity contribution >= 4 is 16.8 Å². The van der Waals surface area contributed by atoms with Gasteiger partial charge >= 0.3 is 0 Å². The lowest BCUT2D eigenvalue weighted by Gasteiger charge is -2.19. The lowest BCUT2D eigenvalue weighted by Crippen LogP contribution is -2.29. The number of benzene rings is 2. The van der Waals surface area contributed by atoms with Gasteiger partial charge < -0.3 is 15.2 Å². The summed E-state index contributed by atoms with van der Waals surface area (Å²) in [7, 11) is 1.59. The summed E-state index contributed by atoms with van der Waals surface area (Å²) in [5, 5.41) is 20.4. The average Bonchev–Trinajstić information content (AvgIpc) is 3.27. The fourth-order valence-electron chi connectivity index (χ4n) is 3.40. The zero-order valence-electron chi connectivity index (χ0n) is 16.5. The van der Waals surface area contributed by atoms with Gasteiger partial charge in [0, 0.05) is 30.0 Å². The number of fused-ring (bicyclic) bond motifs is 1. The SMILES string of the molecule is COc1cccc(C(CCO)NC(=O)c2cncc(-c3ccc4[nH]ncc4c3)c2)c1. The second-order valence-corrected chi connectivity index (χ2v) is 6.95. The molecule has 0 bridgehead atoms. The monoisotopic (exact) mass is 402 g/mol. The van der Waals surface area contributed by atoms with E-state index in [0.29, 0.717) is 17.7 Å². The average molecular weight is 402 g/mol. The molecule has 0 aliphatic rings. The molecule has 0 fully saturated rings. The quantitative estimate of drug-likeness (QED) is 0.439. The van der Waals surface area contributed by atoms with E-state index < -0.39 is 0 Å². The highest BCUT2D eigenvalue weighted by molar-refractivity contribution is 5.95. The molecule has 0 radical (unpaired) electrons. The third-order valence-corrected chi connectivity index (χ3v) is 4.99. The van der Waals surface area contributed by atoms with Crippen LogP contribution >= 0.6 is 0 Å². The number of methoxy groups -OCH3 is 1. The first-order chi connectivity index (χ1) is 14.7. The number of nitrogens with zero attached hydrogens (tertiary/aromatic N) is 2. The zero-order chi connectivity index (χ0) is 20.9. The highest BCUT2D eigenvalue weighted by Gasteiger charge is 2.17. The Morgan fingerprint density at radius 1 is 1.13 bits per heavy atom. The van der Waals surface area contributed by atoms with Crippen molar-refractivity contribution in [2.24, 2.45) is 0 Å². The van der Waals surface area contributed by atoms with E-state index in [4.69, 9.17) is 4.74 Å². The minimum atomic E-state index is -0.344. The summed E-state index contributed by atoms with van der Waals surface area (Å²) in [5.41, 5.74) is 4.05. The number of ether oxygens (including phenoxy) is 1. The van der Waals surface area contributed by atoms with Gasteiger partial charge in [-0.1, -0.05) is 18.2 Å². The fraction of sp³-hybridized carbons (Fsp3) is 0.174. The molecule has 30 heavy (non-hydrogen) atoms. The standard InChI is InChI=1S/C23H22N4O3/c1-30-20-4-2-3-16(11-20)21(7-8-28)26-23(29)19-10-17(12-24-13-19)15-5-6-22-18(9-15)14-25-27-22/h2-6,9-14,21,28H,7-8H2,1H3,(H,25,27)(H,26,29). The van der Waals surface area contributed by atoms with Crippen LogP contribution in [0.3, 0.4) is 0 Å². The summed E-state index contributed by atoms with van der Waals surface area (Å²) in [4.78, 5) is 17.2. The van der Waals surface area contributed by atoms with E-state index in [1.54, 1.807) is 19.5 Å². The Kier molecular flexibility index (Phi) is 5.72. The number of aliphatic hydroxyl groups is 1. The zero-order valence-corrected chi connectivity index (χ0v) is 16.5. The molecule has 4 aromatic rings. The molecule has 2 aromatic heterocycles. The lowest BCUT2D eigenvalue weighted by molar-refractivity contribution is 0.0929. The van der Waals surface area contributed by atoms with Gasteiger partial charge in [-0.3, -0.25) is 14.9 Å². The van der Waals surface area contributed by atoms with Crippen LogP contribution in [0.4, 0.5) is 0 Å². The number of carbonyl (C=O) groups excluding carboxylic acids is 1. The number of hydrogen-bond acceptors (Lipinski definition) is 5. The van der Waals surface area contributed by atoms with Gasteiger partial charge in [0.1, 0.15) is 5.75 Å². The van der Waals surface area contributed by atoms with E-state index in [1.165, 1.54) is 6.20 Å². The van der Waals surface area contributed by atoms with Gasteiger partial charge in [0.15, 0.2) is 0 Å². The van der Waals surface area contributed by atoms with Gasteiger partial charge in [-0.15, -0.1) is 0 Å². The molecule has 2 heterocycles. The Morgan fingerprint density at radius 2 is 2.03 bits per heavy atom. The third kappa shape index (κ3) is 4.16. The topological polar surface area (TPSA) is 100 Å². The Hall–Kier alpha value is -3.71. The number of hydrogen-bond donors (Lipinski definition) is 3. The van der Waals surface area contributed by atoms with Crippen LogP contribution in [0.15, 0.2) is 67.1 Å². The highest BCUT2D eigenvalue weighted by atomic mass is 16.5. The highest BCUT2D eigenvalue weighted by Crippen LogP contribution is 2.25. The van der Waals surface area contributed by atoms with E-state index in [2.05, 4.69) is 20.5 Å². The number of carbonyl (C=O) groups is 1. The van der Waals surface area contributed by atoms with Crippen LogP contribution in [0.1, 0.15) is 28.4 Å². The molecule has 0 aliphatic heterocycles. The van der Waals surface area contributed by atoms with Crippen LogP contribution in [-0.4, -0.2) is 39.9 Å². The van der Waals surface area contributed by atoms with Crippen LogP contribution in [-0.2, 0) is 0 Å². The molecular formula is C23H22N4O3. The maximum Gasteiger partial charge on any atom is 0.253 e. The van der Waals surface area contributed by atoms with Crippen molar-refractivity contribution in [2.75, 3.05) is 13.7 Å². The normalized spacial score (nSPS) is 11.9. The van der Waals surface area contributed by atoms with Crippen molar-refractivity contribution in [2.45, 2.75) is 12.5 Å². The molecule has 0 saturated carbocycles. The van der Waals surface area contributed by atoms with E-state index in [1.807, 2.05) is 48.5 Å². The van der Waals surface area contributed by atoms with Gasteiger partial charge in [-0.25, -0.2) is 0 Å². The van der Waals surface area contributed by atoms with Crippen molar-refractivity contribution in [3.63, 3.8) is 0 Å². The van der Waals surface area contributed by atoms with Gasteiger partial charge in [-0.05, 0) is 47.9 Å². The third-order valence-electron chi connectivity index (χ3n) is 4.99. The van der Waals surface area contributed by atoms with E-state index in [0.717, 1.165) is 27.6 Å². The smallest absolute Gasteiger partial charge is 0.253 e. The Morgan fingerprint density at radius 3 is 2.87 bits per heavy atom. The predicted molar refractivity (Wildman–Crippen MR) is 114 cm³/mol. The van der Waals surface area contributed by atoms with E-state index in [9.17, 15) is 9.90 Å². The molecule has 0 aliphatic carbocycles. The molecule has 1 amide bonds. The Balaban J connectivity index is 1.58. The number of amides is 1. The summed E-state index contributed by atoms with van der Waals surface area (Å²) >= 11 is 0. The number of nitrogens with one attached hydrogen (secondary N) is 2. The Labute approximate surface area is 173 Å². The van der Waals surface area contributed by atoms with Crippen molar-refractivity contribution in [3.8, 4) is 16.9 Å². The van der Waals surface area contributed by atoms with Crippen molar-refractivity contribution in [1.29, 1.82) is 0 Å². The second-order valence-electron chi connectivity index (χ2n) is 6.95. The van der Waals surface area contributed by atoms with Crippen LogP contribution in [0.5, 0.6) is 5.75 Å². The molecule has 3 N–H and O–H groups in total. The molecule has 4 rings (SSSR count). The minimum absolute atomic E-state index is 0.0504. The maximum atomic E-state index is 12.9. The molecule has 1 atom stereocenters. The number of aliphatic hydroxyl groups excluding tert-OH is 1. The molecule has 0 saturated heterocycles. The minimum Gasteiger partial charge on any atom is -0.497 e. The summed E-state index contributed by atoms with van der Waals surface area (Å²) < 4.78 is 5.27. The molecule has 0 spiro atoms. The summed E-state index contributed by atoms with van der Waals surface area (Å²) in [6, 6.07) is 14.8.